The first-order valence-corrected chi connectivity index (χ1v) is 5.31. The highest BCUT2D eigenvalue weighted by Gasteiger charge is 2.32. The standard InChI is InChI=1S/C10H11Cl2NO/c1-2-7-9(13)5-3-4-6(11)8(12)10(5)14-7/h3-4,7,9H,2,13H2,1H3. The molecule has 2 rings (SSSR count). The highest BCUT2D eigenvalue weighted by molar-refractivity contribution is 6.43. The monoisotopic (exact) mass is 231 g/mol. The maximum atomic E-state index is 6.01. The summed E-state index contributed by atoms with van der Waals surface area (Å²) in [6, 6.07) is 3.54. The maximum absolute atomic E-state index is 6.01. The van der Waals surface area contributed by atoms with E-state index >= 15 is 0 Å². The number of nitrogens with two attached hydrogens (primary N) is 1. The summed E-state index contributed by atoms with van der Waals surface area (Å²) in [5.41, 5.74) is 6.94. The molecule has 0 aliphatic carbocycles. The molecule has 1 heterocycles. The van der Waals surface area contributed by atoms with E-state index in [-0.39, 0.29) is 12.1 Å². The molecule has 14 heavy (non-hydrogen) atoms. The van der Waals surface area contributed by atoms with Crippen molar-refractivity contribution in [2.24, 2.45) is 5.73 Å². The van der Waals surface area contributed by atoms with Crippen LogP contribution in [0.25, 0.3) is 0 Å². The second-order valence-electron chi connectivity index (χ2n) is 3.37. The third kappa shape index (κ3) is 1.38. The average Bonchev–Trinajstić information content (AvgIpc) is 2.50. The Hall–Kier alpha value is -0.440. The fraction of sp³-hybridized carbons (Fsp3) is 0.400. The highest BCUT2D eigenvalue weighted by atomic mass is 35.5. The van der Waals surface area contributed by atoms with E-state index in [4.69, 9.17) is 33.7 Å². The van der Waals surface area contributed by atoms with Gasteiger partial charge in [0.25, 0.3) is 0 Å². The molecule has 4 heteroatoms. The lowest BCUT2D eigenvalue weighted by Gasteiger charge is -2.11. The SMILES string of the molecule is CCC1Oc2c(ccc(Cl)c2Cl)C1N. The van der Waals surface area contributed by atoms with Crippen molar-refractivity contribution >= 4 is 23.2 Å². The topological polar surface area (TPSA) is 35.2 Å². The molecule has 0 saturated heterocycles. The van der Waals surface area contributed by atoms with Gasteiger partial charge in [-0.3, -0.25) is 0 Å². The predicted octanol–water partition coefficient (Wildman–Crippen LogP) is 3.16. The van der Waals surface area contributed by atoms with E-state index in [2.05, 4.69) is 0 Å². The van der Waals surface area contributed by atoms with Crippen molar-refractivity contribution in [2.75, 3.05) is 0 Å². The molecule has 1 aliphatic rings. The Morgan fingerprint density at radius 3 is 2.79 bits per heavy atom. The summed E-state index contributed by atoms with van der Waals surface area (Å²) in [7, 11) is 0. The third-order valence-corrected chi connectivity index (χ3v) is 3.30. The Morgan fingerprint density at radius 1 is 1.43 bits per heavy atom. The van der Waals surface area contributed by atoms with Crippen molar-refractivity contribution < 1.29 is 4.74 Å². The lowest BCUT2D eigenvalue weighted by atomic mass is 10.0. The van der Waals surface area contributed by atoms with Crippen LogP contribution in [0.5, 0.6) is 5.75 Å². The fourth-order valence-corrected chi connectivity index (χ4v) is 2.06. The molecule has 0 amide bonds. The van der Waals surface area contributed by atoms with Gasteiger partial charge in [-0.25, -0.2) is 0 Å². The number of rotatable bonds is 1. The summed E-state index contributed by atoms with van der Waals surface area (Å²) in [5.74, 6) is 0.651. The summed E-state index contributed by atoms with van der Waals surface area (Å²) in [5, 5.41) is 0.977. The van der Waals surface area contributed by atoms with E-state index in [1.165, 1.54) is 0 Å². The van der Waals surface area contributed by atoms with Gasteiger partial charge < -0.3 is 10.5 Å². The second kappa shape index (κ2) is 3.61. The van der Waals surface area contributed by atoms with E-state index in [9.17, 15) is 0 Å². The smallest absolute Gasteiger partial charge is 0.144 e. The molecule has 0 bridgehead atoms. The van der Waals surface area contributed by atoms with Crippen LogP contribution in [-0.2, 0) is 0 Å². The third-order valence-electron chi connectivity index (χ3n) is 2.51. The summed E-state index contributed by atoms with van der Waals surface area (Å²) < 4.78 is 5.64. The largest absolute Gasteiger partial charge is 0.486 e. The minimum atomic E-state index is -0.0928. The zero-order chi connectivity index (χ0) is 10.3. The van der Waals surface area contributed by atoms with Crippen LogP contribution in [0, 0.1) is 0 Å². The van der Waals surface area contributed by atoms with Gasteiger partial charge in [0, 0.05) is 5.56 Å². The molecule has 0 saturated carbocycles. The Balaban J connectivity index is 2.48. The molecule has 0 aromatic heterocycles. The van der Waals surface area contributed by atoms with Gasteiger partial charge in [0.15, 0.2) is 0 Å². The van der Waals surface area contributed by atoms with Crippen molar-refractivity contribution in [2.45, 2.75) is 25.5 Å². The summed E-state index contributed by atoms with van der Waals surface area (Å²) in [6.07, 6.45) is 0.880. The molecule has 2 N–H and O–H groups in total. The van der Waals surface area contributed by atoms with Crippen molar-refractivity contribution in [1.82, 2.24) is 0 Å². The molecule has 1 aliphatic heterocycles. The minimum Gasteiger partial charge on any atom is -0.486 e. The maximum Gasteiger partial charge on any atom is 0.144 e. The minimum absolute atomic E-state index is 0.0148. The first kappa shape index (κ1) is 10.1. The molecule has 76 valence electrons. The van der Waals surface area contributed by atoms with Crippen molar-refractivity contribution in [1.29, 1.82) is 0 Å². The molecule has 2 nitrogen and oxygen atoms in total. The van der Waals surface area contributed by atoms with Gasteiger partial charge in [-0.15, -0.1) is 0 Å². The van der Waals surface area contributed by atoms with Crippen LogP contribution < -0.4 is 10.5 Å². The van der Waals surface area contributed by atoms with E-state index in [0.717, 1.165) is 12.0 Å². The normalized spacial score (nSPS) is 24.6. The highest BCUT2D eigenvalue weighted by Crippen LogP contribution is 2.44. The van der Waals surface area contributed by atoms with Crippen molar-refractivity contribution in [3.63, 3.8) is 0 Å². The molecule has 0 spiro atoms. The zero-order valence-corrected chi connectivity index (χ0v) is 9.27. The Bertz CT molecular complexity index is 367. The van der Waals surface area contributed by atoms with Crippen LogP contribution in [0.1, 0.15) is 24.9 Å². The Labute approximate surface area is 92.9 Å². The van der Waals surface area contributed by atoms with E-state index in [1.807, 2.05) is 13.0 Å². The summed E-state index contributed by atoms with van der Waals surface area (Å²) >= 11 is 11.9. The van der Waals surface area contributed by atoms with Gasteiger partial charge in [-0.05, 0) is 12.5 Å². The Kier molecular flexibility index (Phi) is 2.60. The molecular formula is C10H11Cl2NO. The lowest BCUT2D eigenvalue weighted by Crippen LogP contribution is -2.24. The fourth-order valence-electron chi connectivity index (χ4n) is 1.69. The summed E-state index contributed by atoms with van der Waals surface area (Å²) in [4.78, 5) is 0. The number of halogens is 2. The average molecular weight is 232 g/mol. The number of benzene rings is 1. The van der Waals surface area contributed by atoms with Crippen molar-refractivity contribution in [3.05, 3.63) is 27.7 Å². The number of fused-ring (bicyclic) bond motifs is 1. The van der Waals surface area contributed by atoms with Gasteiger partial charge in [0.1, 0.15) is 16.9 Å². The number of hydrogen-bond acceptors (Lipinski definition) is 2. The zero-order valence-electron chi connectivity index (χ0n) is 7.76. The van der Waals surface area contributed by atoms with Crippen LogP contribution in [0.3, 0.4) is 0 Å². The van der Waals surface area contributed by atoms with Crippen molar-refractivity contribution in [3.8, 4) is 5.75 Å². The van der Waals surface area contributed by atoms with Crippen LogP contribution in [0.15, 0.2) is 12.1 Å². The molecule has 1 aromatic rings. The first-order valence-electron chi connectivity index (χ1n) is 4.55. The quantitative estimate of drug-likeness (QED) is 0.807. The van der Waals surface area contributed by atoms with Crippen LogP contribution in [0.4, 0.5) is 0 Å². The van der Waals surface area contributed by atoms with Gasteiger partial charge in [0.05, 0.1) is 11.1 Å². The second-order valence-corrected chi connectivity index (χ2v) is 4.16. The number of hydrogen-bond donors (Lipinski definition) is 1. The van der Waals surface area contributed by atoms with Gasteiger partial charge in [-0.2, -0.15) is 0 Å². The first-order chi connectivity index (χ1) is 6.65. The van der Waals surface area contributed by atoms with Crippen LogP contribution >= 0.6 is 23.2 Å². The summed E-state index contributed by atoms with van der Waals surface area (Å²) in [6.45, 7) is 2.03. The molecular weight excluding hydrogens is 221 g/mol. The van der Waals surface area contributed by atoms with Crippen LogP contribution in [-0.4, -0.2) is 6.10 Å². The Morgan fingerprint density at radius 2 is 2.14 bits per heavy atom. The lowest BCUT2D eigenvalue weighted by molar-refractivity contribution is 0.202. The van der Waals surface area contributed by atoms with Gasteiger partial charge in [0.2, 0.25) is 0 Å². The van der Waals surface area contributed by atoms with Crippen LogP contribution in [0.2, 0.25) is 10.0 Å². The molecule has 2 atom stereocenters. The number of ether oxygens (including phenoxy) is 1. The molecule has 1 aromatic carbocycles. The van der Waals surface area contributed by atoms with E-state index in [1.54, 1.807) is 6.07 Å². The van der Waals surface area contributed by atoms with E-state index < -0.39 is 0 Å². The van der Waals surface area contributed by atoms with E-state index in [0.29, 0.717) is 15.8 Å². The predicted molar refractivity (Wildman–Crippen MR) is 58.1 cm³/mol. The van der Waals surface area contributed by atoms with Gasteiger partial charge in [-0.1, -0.05) is 36.2 Å². The molecule has 0 radical (unpaired) electrons. The molecule has 2 unspecified atom stereocenters. The van der Waals surface area contributed by atoms with Gasteiger partial charge >= 0.3 is 0 Å². The molecule has 0 fully saturated rings.